The molecule has 0 aliphatic rings. The second-order valence-corrected chi connectivity index (χ2v) is 6.34. The summed E-state index contributed by atoms with van der Waals surface area (Å²) >= 11 is 0. The molecule has 0 bridgehead atoms. The third-order valence-corrected chi connectivity index (χ3v) is 4.40. The van der Waals surface area contributed by atoms with Gasteiger partial charge in [-0.15, -0.1) is 0 Å². The van der Waals surface area contributed by atoms with Crippen LogP contribution >= 0.6 is 0 Å². The number of aryl methyl sites for hydroxylation is 1. The molecule has 4 aromatic rings. The lowest BCUT2D eigenvalue weighted by atomic mass is 10.2. The van der Waals surface area contributed by atoms with E-state index in [1.54, 1.807) is 39.5 Å². The van der Waals surface area contributed by atoms with Gasteiger partial charge in [-0.1, -0.05) is 0 Å². The number of H-pyrrole nitrogens is 3. The largest absolute Gasteiger partial charge is 0.493 e. The van der Waals surface area contributed by atoms with Crippen LogP contribution in [0.5, 0.6) is 11.5 Å². The Hall–Kier alpha value is -4.08. The van der Waals surface area contributed by atoms with E-state index < -0.39 is 11.5 Å². The van der Waals surface area contributed by atoms with Crippen molar-refractivity contribution in [2.45, 2.75) is 6.92 Å². The minimum absolute atomic E-state index is 0.0104. The summed E-state index contributed by atoms with van der Waals surface area (Å²) in [5.74, 6) is 1.03. The van der Waals surface area contributed by atoms with Gasteiger partial charge in [0.2, 0.25) is 0 Å². The molecule has 1 aromatic carbocycles. The summed E-state index contributed by atoms with van der Waals surface area (Å²) in [6.07, 6.45) is 2.99. The first-order valence-corrected chi connectivity index (χ1v) is 8.66. The first kappa shape index (κ1) is 18.3. The summed E-state index contributed by atoms with van der Waals surface area (Å²) in [4.78, 5) is 34.7. The molecular weight excluding hydrogens is 376 g/mol. The van der Waals surface area contributed by atoms with Crippen molar-refractivity contribution < 1.29 is 14.3 Å². The van der Waals surface area contributed by atoms with Crippen LogP contribution in [0.25, 0.3) is 22.6 Å². The Morgan fingerprint density at radius 3 is 2.66 bits per heavy atom. The van der Waals surface area contributed by atoms with Crippen molar-refractivity contribution in [3.05, 3.63) is 52.1 Å². The maximum Gasteiger partial charge on any atom is 0.261 e. The quantitative estimate of drug-likeness (QED) is 0.409. The van der Waals surface area contributed by atoms with Gasteiger partial charge in [0.05, 0.1) is 37.1 Å². The molecule has 0 aliphatic carbocycles. The number of pyridine rings is 1. The topological polar surface area (TPSA) is 138 Å². The summed E-state index contributed by atoms with van der Waals surface area (Å²) in [6, 6.07) is 5.04. The van der Waals surface area contributed by atoms with Crippen LogP contribution in [-0.2, 0) is 0 Å². The number of ether oxygens (including phenoxy) is 2. The Morgan fingerprint density at radius 1 is 1.14 bits per heavy atom. The van der Waals surface area contributed by atoms with Gasteiger partial charge >= 0.3 is 0 Å². The molecule has 29 heavy (non-hydrogen) atoms. The predicted octanol–water partition coefficient (Wildman–Crippen LogP) is 2.22. The summed E-state index contributed by atoms with van der Waals surface area (Å²) in [6.45, 7) is 1.78. The number of rotatable bonds is 5. The fourth-order valence-corrected chi connectivity index (χ4v) is 2.97. The molecule has 0 saturated heterocycles. The fourth-order valence-electron chi connectivity index (χ4n) is 2.97. The molecule has 0 saturated carbocycles. The van der Waals surface area contributed by atoms with Gasteiger partial charge in [0, 0.05) is 18.3 Å². The van der Waals surface area contributed by atoms with Gasteiger partial charge in [0.1, 0.15) is 11.3 Å². The first-order valence-electron chi connectivity index (χ1n) is 8.66. The smallest absolute Gasteiger partial charge is 0.261 e. The molecule has 3 heterocycles. The molecule has 1 amide bonds. The zero-order valence-corrected chi connectivity index (χ0v) is 15.9. The number of nitrogens with zero attached hydrogens (tertiary/aromatic N) is 2. The van der Waals surface area contributed by atoms with Crippen LogP contribution in [0.4, 0.5) is 5.69 Å². The Balaban J connectivity index is 1.70. The molecule has 0 aliphatic heterocycles. The monoisotopic (exact) mass is 394 g/mol. The second kappa shape index (κ2) is 7.15. The zero-order chi connectivity index (χ0) is 20.5. The fraction of sp³-hybridized carbons (Fsp3) is 0.158. The third kappa shape index (κ3) is 3.31. The van der Waals surface area contributed by atoms with Crippen LogP contribution < -0.4 is 20.3 Å². The van der Waals surface area contributed by atoms with Crippen molar-refractivity contribution in [1.82, 2.24) is 25.1 Å². The van der Waals surface area contributed by atoms with Crippen LogP contribution in [0.15, 0.2) is 35.4 Å². The van der Waals surface area contributed by atoms with Crippen molar-refractivity contribution in [3.63, 3.8) is 0 Å². The van der Waals surface area contributed by atoms with E-state index >= 15 is 0 Å². The SMILES string of the molecule is COc1cc2nc(-c3[nH]ncc3NC(=O)c3cc(C)c[nH]c3=O)[nH]c2cc1OC. The molecular formula is C19H18N6O4. The van der Waals surface area contributed by atoms with E-state index in [0.29, 0.717) is 34.2 Å². The number of carbonyl (C=O) groups excluding carboxylic acids is 1. The Bertz CT molecular complexity index is 1230. The number of fused-ring (bicyclic) bond motifs is 1. The molecule has 4 rings (SSSR count). The number of methoxy groups -OCH3 is 2. The van der Waals surface area contributed by atoms with E-state index in [9.17, 15) is 9.59 Å². The van der Waals surface area contributed by atoms with Crippen LogP contribution in [0.2, 0.25) is 0 Å². The van der Waals surface area contributed by atoms with Gasteiger partial charge in [0.15, 0.2) is 17.3 Å². The van der Waals surface area contributed by atoms with E-state index in [1.807, 2.05) is 0 Å². The number of nitrogens with one attached hydrogen (secondary N) is 4. The minimum atomic E-state index is -0.544. The highest BCUT2D eigenvalue weighted by molar-refractivity contribution is 6.05. The van der Waals surface area contributed by atoms with E-state index in [-0.39, 0.29) is 5.56 Å². The van der Waals surface area contributed by atoms with Crippen LogP contribution in [0.3, 0.4) is 0 Å². The van der Waals surface area contributed by atoms with E-state index in [0.717, 1.165) is 11.1 Å². The lowest BCUT2D eigenvalue weighted by Crippen LogP contribution is -2.23. The Labute approximate surface area is 164 Å². The van der Waals surface area contributed by atoms with Crippen molar-refractivity contribution in [2.24, 2.45) is 0 Å². The normalized spacial score (nSPS) is 10.9. The van der Waals surface area contributed by atoms with Gasteiger partial charge in [0.25, 0.3) is 11.5 Å². The number of hydrogen-bond acceptors (Lipinski definition) is 6. The molecule has 3 aromatic heterocycles. The van der Waals surface area contributed by atoms with Crippen molar-refractivity contribution in [1.29, 1.82) is 0 Å². The summed E-state index contributed by atoms with van der Waals surface area (Å²) in [5.41, 5.74) is 2.53. The third-order valence-electron chi connectivity index (χ3n) is 4.40. The van der Waals surface area contributed by atoms with Crippen molar-refractivity contribution in [3.8, 4) is 23.0 Å². The maximum absolute atomic E-state index is 12.6. The molecule has 10 nitrogen and oxygen atoms in total. The number of anilines is 1. The van der Waals surface area contributed by atoms with Gasteiger partial charge in [-0.2, -0.15) is 5.10 Å². The molecule has 0 radical (unpaired) electrons. The molecule has 4 N–H and O–H groups in total. The average molecular weight is 394 g/mol. The number of aromatic amines is 3. The number of aromatic nitrogens is 5. The van der Waals surface area contributed by atoms with Gasteiger partial charge in [-0.25, -0.2) is 4.98 Å². The van der Waals surface area contributed by atoms with Crippen LogP contribution in [0, 0.1) is 6.92 Å². The molecule has 0 atom stereocenters. The minimum Gasteiger partial charge on any atom is -0.493 e. The van der Waals surface area contributed by atoms with Crippen molar-refractivity contribution in [2.75, 3.05) is 19.5 Å². The van der Waals surface area contributed by atoms with E-state index in [4.69, 9.17) is 9.47 Å². The van der Waals surface area contributed by atoms with Crippen LogP contribution in [-0.4, -0.2) is 45.3 Å². The van der Waals surface area contributed by atoms with E-state index in [1.165, 1.54) is 12.3 Å². The number of imidazole rings is 1. The summed E-state index contributed by atoms with van der Waals surface area (Å²) in [5, 5.41) is 9.50. The molecule has 10 heteroatoms. The number of amides is 1. The average Bonchev–Trinajstić information content (AvgIpc) is 3.34. The zero-order valence-electron chi connectivity index (χ0n) is 15.9. The standard InChI is InChI=1S/C19H18N6O4/c1-9-4-10(18(26)20-7-9)19(27)24-13-8-21-25-16(13)17-22-11-5-14(28-2)15(29-3)6-12(11)23-17/h4-8H,1-3H3,(H,20,26)(H,21,25)(H,22,23)(H,24,27). The number of hydrogen-bond donors (Lipinski definition) is 4. The lowest BCUT2D eigenvalue weighted by Gasteiger charge is -2.06. The highest BCUT2D eigenvalue weighted by Gasteiger charge is 2.18. The Morgan fingerprint density at radius 2 is 1.90 bits per heavy atom. The summed E-state index contributed by atoms with van der Waals surface area (Å²) < 4.78 is 10.6. The highest BCUT2D eigenvalue weighted by atomic mass is 16.5. The van der Waals surface area contributed by atoms with Gasteiger partial charge in [-0.3, -0.25) is 14.7 Å². The molecule has 0 fully saturated rings. The molecule has 148 valence electrons. The van der Waals surface area contributed by atoms with Crippen LogP contribution in [0.1, 0.15) is 15.9 Å². The van der Waals surface area contributed by atoms with Gasteiger partial charge < -0.3 is 24.8 Å². The highest BCUT2D eigenvalue weighted by Crippen LogP contribution is 2.33. The molecule has 0 spiro atoms. The second-order valence-electron chi connectivity index (χ2n) is 6.34. The molecule has 0 unspecified atom stereocenters. The summed E-state index contributed by atoms with van der Waals surface area (Å²) in [7, 11) is 3.10. The van der Waals surface area contributed by atoms with Crippen molar-refractivity contribution >= 4 is 22.6 Å². The lowest BCUT2D eigenvalue weighted by molar-refractivity contribution is 0.102. The van der Waals surface area contributed by atoms with E-state index in [2.05, 4.69) is 30.5 Å². The van der Waals surface area contributed by atoms with Gasteiger partial charge in [-0.05, 0) is 18.6 Å². The maximum atomic E-state index is 12.6. The Kier molecular flexibility index (Phi) is 4.51. The first-order chi connectivity index (χ1) is 14.0. The predicted molar refractivity (Wildman–Crippen MR) is 107 cm³/mol. The number of benzene rings is 1. The number of carbonyl (C=O) groups is 1.